The van der Waals surface area contributed by atoms with Crippen molar-refractivity contribution in [3.05, 3.63) is 60.1 Å². The van der Waals surface area contributed by atoms with E-state index in [2.05, 4.69) is 73.9 Å². The number of unbranched alkanes of at least 4 members (excludes halogenated alkanes) is 1. The number of aryl methyl sites for hydroxylation is 1. The first kappa shape index (κ1) is 29.0. The van der Waals surface area contributed by atoms with Gasteiger partial charge in [0, 0.05) is 44.8 Å². The lowest BCUT2D eigenvalue weighted by Crippen LogP contribution is -2.48. The topological polar surface area (TPSA) is 130 Å². The molecule has 1 saturated carbocycles. The number of fused-ring (bicyclic) bond motifs is 1. The van der Waals surface area contributed by atoms with E-state index in [1.54, 1.807) is 19.2 Å². The zero-order valence-corrected chi connectivity index (χ0v) is 23.9. The molecule has 2 aliphatic rings. The third-order valence-electron chi connectivity index (χ3n) is 7.24. The van der Waals surface area contributed by atoms with Crippen LogP contribution in [-0.2, 0) is 12.8 Å². The lowest BCUT2D eigenvalue weighted by molar-refractivity contribution is 0.228. The molecule has 40 heavy (non-hydrogen) atoms. The van der Waals surface area contributed by atoms with Crippen LogP contribution in [0.25, 0.3) is 11.4 Å². The molecule has 1 unspecified atom stereocenters. The third-order valence-corrected chi connectivity index (χ3v) is 7.24. The summed E-state index contributed by atoms with van der Waals surface area (Å²) in [6.07, 6.45) is 11.5. The number of amides is 2. The Hall–Kier alpha value is -3.95. The molecule has 10 heteroatoms. The minimum Gasteiger partial charge on any atom is -0.366 e. The van der Waals surface area contributed by atoms with E-state index in [9.17, 15) is 4.79 Å². The number of anilines is 2. The van der Waals surface area contributed by atoms with Crippen LogP contribution in [0.1, 0.15) is 70.8 Å². The highest BCUT2D eigenvalue weighted by atomic mass is 16.5. The fourth-order valence-corrected chi connectivity index (χ4v) is 4.96. The second-order valence-electron chi connectivity index (χ2n) is 10.5. The third kappa shape index (κ3) is 8.27. The highest BCUT2D eigenvalue weighted by Gasteiger charge is 2.26. The van der Waals surface area contributed by atoms with Crippen LogP contribution in [0.5, 0.6) is 0 Å². The maximum Gasteiger partial charge on any atom is 0.315 e. The summed E-state index contributed by atoms with van der Waals surface area (Å²) in [5, 5.41) is 16.9. The number of benzene rings is 1. The predicted octanol–water partition coefficient (Wildman–Crippen LogP) is 5.68. The van der Waals surface area contributed by atoms with Gasteiger partial charge >= 0.3 is 6.03 Å². The van der Waals surface area contributed by atoms with Crippen LogP contribution in [-0.4, -0.2) is 50.8 Å². The molecule has 0 saturated heterocycles. The Labute approximate surface area is 238 Å². The number of carbonyl (C=O) groups excluding carboxylic acids is 1. The molecular formula is C30H44N8O2. The first-order valence-corrected chi connectivity index (χ1v) is 14.4. The first-order chi connectivity index (χ1) is 19.5. The molecule has 0 radical (unpaired) electrons. The molecule has 2 aromatic heterocycles. The summed E-state index contributed by atoms with van der Waals surface area (Å²) in [5.41, 5.74) is 3.41. The molecular weight excluding hydrogens is 504 g/mol. The average molecular weight is 549 g/mol. The molecule has 3 aromatic rings. The summed E-state index contributed by atoms with van der Waals surface area (Å²) in [7, 11) is 0. The number of nitrogens with zero attached hydrogens (tertiary/aromatic N) is 4. The number of hydrogen-bond acceptors (Lipinski definition) is 8. The van der Waals surface area contributed by atoms with Crippen LogP contribution in [0.3, 0.4) is 0 Å². The van der Waals surface area contributed by atoms with E-state index < -0.39 is 0 Å². The number of nitrogens with one attached hydrogen (secondary N) is 4. The highest BCUT2D eigenvalue weighted by molar-refractivity contribution is 5.75. The monoisotopic (exact) mass is 548 g/mol. The van der Waals surface area contributed by atoms with E-state index >= 15 is 0 Å². The molecule has 0 bridgehead atoms. The summed E-state index contributed by atoms with van der Waals surface area (Å²) >= 11 is 0. The molecule has 2 amide bonds. The fourth-order valence-electron chi connectivity index (χ4n) is 4.96. The Bertz CT molecular complexity index is 1260. The summed E-state index contributed by atoms with van der Waals surface area (Å²) in [4.78, 5) is 25.8. The van der Waals surface area contributed by atoms with Crippen LogP contribution < -0.4 is 21.3 Å². The second kappa shape index (κ2) is 14.4. The van der Waals surface area contributed by atoms with Crippen molar-refractivity contribution in [1.29, 1.82) is 0 Å². The van der Waals surface area contributed by atoms with Gasteiger partial charge in [0.2, 0.25) is 17.7 Å². The number of carbonyl (C=O) groups is 1. The van der Waals surface area contributed by atoms with Crippen LogP contribution in [0.4, 0.5) is 16.6 Å². The molecule has 1 aromatic carbocycles. The molecule has 10 nitrogen and oxygen atoms in total. The van der Waals surface area contributed by atoms with Gasteiger partial charge in [0.1, 0.15) is 5.82 Å². The molecule has 1 fully saturated rings. The Morgan fingerprint density at radius 2 is 1.75 bits per heavy atom. The van der Waals surface area contributed by atoms with Crippen molar-refractivity contribution in [2.45, 2.75) is 90.3 Å². The van der Waals surface area contributed by atoms with Gasteiger partial charge in [0.15, 0.2) is 0 Å². The number of urea groups is 1. The van der Waals surface area contributed by atoms with E-state index in [1.165, 1.54) is 24.0 Å². The fraction of sp³-hybridized carbons (Fsp3) is 0.500. The molecule has 5 rings (SSSR count). The molecule has 0 aliphatic heterocycles. The smallest absolute Gasteiger partial charge is 0.315 e. The molecule has 2 heterocycles. The summed E-state index contributed by atoms with van der Waals surface area (Å²) in [5.74, 6) is 2.54. The zero-order valence-electron chi connectivity index (χ0n) is 23.9. The Morgan fingerprint density at radius 3 is 2.45 bits per heavy atom. The molecule has 1 atom stereocenters. The van der Waals surface area contributed by atoms with Gasteiger partial charge in [0.25, 0.3) is 0 Å². The van der Waals surface area contributed by atoms with Crippen molar-refractivity contribution < 1.29 is 10.7 Å². The normalized spacial score (nSPS) is 19.5. The van der Waals surface area contributed by atoms with Crippen molar-refractivity contribution in [3.63, 3.8) is 0 Å². The zero-order chi connectivity index (χ0) is 28.3. The highest BCUT2D eigenvalue weighted by Crippen LogP contribution is 2.27. The van der Waals surface area contributed by atoms with Crippen molar-refractivity contribution in [1.82, 2.24) is 30.7 Å². The standard InChI is InChI=1S/C26H32N8O2.C4H10.H2/c1-3-11-27-23-10-12-28-25(33-23)30-20-6-8-21(9-7-20)31-26(35)32-22-14-17-4-5-18(13-19(17)15-22)24-29-16(2)36-34-24;1-3-4-2;/h3-5,10,12-13,20-22H,1,6-9,11,14-15H2,2H3,(H2,31,32,35)(H2,27,28,30,33);3-4H2,1-2H3;1H. The molecule has 2 aliphatic carbocycles. The lowest BCUT2D eigenvalue weighted by Gasteiger charge is -2.30. The predicted molar refractivity (Wildman–Crippen MR) is 160 cm³/mol. The van der Waals surface area contributed by atoms with Crippen LogP contribution >= 0.6 is 0 Å². The first-order valence-electron chi connectivity index (χ1n) is 14.4. The number of rotatable bonds is 9. The summed E-state index contributed by atoms with van der Waals surface area (Å²) in [6, 6.07) is 8.49. The van der Waals surface area contributed by atoms with Crippen LogP contribution in [0.15, 0.2) is 47.6 Å². The lowest BCUT2D eigenvalue weighted by atomic mass is 9.91. The second-order valence-corrected chi connectivity index (χ2v) is 10.5. The van der Waals surface area contributed by atoms with Crippen molar-refractivity contribution in [3.8, 4) is 11.4 Å². The van der Waals surface area contributed by atoms with Gasteiger partial charge in [-0.15, -0.1) is 6.58 Å². The van der Waals surface area contributed by atoms with E-state index in [0.717, 1.165) is 49.9 Å². The van der Waals surface area contributed by atoms with Gasteiger partial charge in [-0.1, -0.05) is 50.1 Å². The van der Waals surface area contributed by atoms with Gasteiger partial charge in [0.05, 0.1) is 0 Å². The molecule has 0 spiro atoms. The minimum atomic E-state index is -0.0949. The van der Waals surface area contributed by atoms with Crippen molar-refractivity contribution >= 4 is 17.8 Å². The average Bonchev–Trinajstić information content (AvgIpc) is 3.58. The van der Waals surface area contributed by atoms with Crippen LogP contribution in [0.2, 0.25) is 0 Å². The number of aromatic nitrogens is 4. The molecule has 4 N–H and O–H groups in total. The SMILES string of the molecule is C=CCNc1ccnc(NC2CCC(NC(=O)NC3Cc4ccc(-c5noc(C)n5)cc4C3)CC2)n1.CCCC.[HH]. The van der Waals surface area contributed by atoms with Gasteiger partial charge in [-0.25, -0.2) is 9.78 Å². The number of hydrogen-bond donors (Lipinski definition) is 4. The largest absolute Gasteiger partial charge is 0.366 e. The molecule has 216 valence electrons. The van der Waals surface area contributed by atoms with Gasteiger partial charge in [-0.05, 0) is 61.8 Å². The summed E-state index contributed by atoms with van der Waals surface area (Å²) in [6.45, 7) is 10.5. The maximum atomic E-state index is 12.7. The van der Waals surface area contributed by atoms with E-state index in [4.69, 9.17) is 4.52 Å². The summed E-state index contributed by atoms with van der Waals surface area (Å²) < 4.78 is 5.10. The van der Waals surface area contributed by atoms with E-state index in [1.807, 2.05) is 12.1 Å². The van der Waals surface area contributed by atoms with Crippen molar-refractivity contribution in [2.24, 2.45) is 0 Å². The minimum absolute atomic E-state index is 0. The Morgan fingerprint density at radius 1 is 1.02 bits per heavy atom. The maximum absolute atomic E-state index is 12.7. The van der Waals surface area contributed by atoms with Gasteiger partial charge < -0.3 is 25.8 Å². The Kier molecular flexibility index (Phi) is 10.5. The van der Waals surface area contributed by atoms with Crippen LogP contribution in [0, 0.1) is 6.92 Å². The van der Waals surface area contributed by atoms with Crippen molar-refractivity contribution in [2.75, 3.05) is 17.2 Å². The van der Waals surface area contributed by atoms with E-state index in [-0.39, 0.29) is 19.5 Å². The van der Waals surface area contributed by atoms with Gasteiger partial charge in [-0.3, -0.25) is 0 Å². The van der Waals surface area contributed by atoms with Gasteiger partial charge in [-0.2, -0.15) is 9.97 Å². The quantitative estimate of drug-likeness (QED) is 0.252. The van der Waals surface area contributed by atoms with E-state index in [0.29, 0.717) is 30.3 Å². The Balaban J connectivity index is 0.000000869.